The summed E-state index contributed by atoms with van der Waals surface area (Å²) in [6, 6.07) is 0. The van der Waals surface area contributed by atoms with Gasteiger partial charge in [-0.1, -0.05) is 6.08 Å². The molecule has 0 aromatic heterocycles. The maximum Gasteiger partial charge on any atom is 0.188 e. The highest BCUT2D eigenvalue weighted by Gasteiger charge is 2.29. The molecule has 0 unspecified atom stereocenters. The lowest BCUT2D eigenvalue weighted by Gasteiger charge is -2.19. The third kappa shape index (κ3) is 6.31. The summed E-state index contributed by atoms with van der Waals surface area (Å²) in [5.74, 6) is 0.228. The summed E-state index contributed by atoms with van der Waals surface area (Å²) < 4.78 is 21.8. The molecule has 7 heteroatoms. The zero-order valence-electron chi connectivity index (χ0n) is 9.86. The monoisotopic (exact) mass is 361 g/mol. The quantitative estimate of drug-likeness (QED) is 0.324. The molecule has 0 bridgehead atoms. The van der Waals surface area contributed by atoms with Crippen LogP contribution in [-0.4, -0.2) is 38.5 Å². The molecule has 0 aromatic carbocycles. The number of rotatable bonds is 5. The fourth-order valence-electron chi connectivity index (χ4n) is 0.625. The Morgan fingerprint density at radius 3 is 2.44 bits per heavy atom. The van der Waals surface area contributed by atoms with Crippen molar-refractivity contribution < 1.29 is 8.42 Å². The van der Waals surface area contributed by atoms with E-state index in [1.165, 1.54) is 6.26 Å². The Bertz CT molecular complexity index is 350. The molecule has 0 aliphatic rings. The largest absolute Gasteiger partial charge is 0.370 e. The van der Waals surface area contributed by atoms with Gasteiger partial charge in [0, 0.05) is 12.8 Å². The van der Waals surface area contributed by atoms with Crippen molar-refractivity contribution >= 4 is 39.8 Å². The standard InChI is InChI=1S/C9H19N3O2S.HI/c1-5-6-11-8(10)12-7-9(2,3)15(4,13)14;/h5H,1,6-7H2,2-4H3,(H3,10,11,12);1H. The van der Waals surface area contributed by atoms with E-state index in [0.29, 0.717) is 6.54 Å². The molecule has 0 amide bonds. The van der Waals surface area contributed by atoms with Gasteiger partial charge in [-0.3, -0.25) is 4.99 Å². The molecule has 16 heavy (non-hydrogen) atoms. The molecule has 3 N–H and O–H groups in total. The second kappa shape index (κ2) is 7.10. The maximum absolute atomic E-state index is 11.3. The van der Waals surface area contributed by atoms with Crippen molar-refractivity contribution in [1.29, 1.82) is 0 Å². The topological polar surface area (TPSA) is 84.5 Å². The van der Waals surface area contributed by atoms with Crippen molar-refractivity contribution in [2.75, 3.05) is 19.3 Å². The fraction of sp³-hybridized carbons (Fsp3) is 0.667. The van der Waals surface area contributed by atoms with Crippen LogP contribution in [0.1, 0.15) is 13.8 Å². The van der Waals surface area contributed by atoms with Gasteiger partial charge < -0.3 is 11.1 Å². The zero-order chi connectivity index (χ0) is 12.1. The highest BCUT2D eigenvalue weighted by atomic mass is 127. The normalized spacial score (nSPS) is 12.8. The number of nitrogens with two attached hydrogens (primary N) is 1. The predicted molar refractivity (Wildman–Crippen MR) is 79.0 cm³/mol. The molecule has 0 spiro atoms. The lowest BCUT2D eigenvalue weighted by atomic mass is 10.2. The molecular weight excluding hydrogens is 341 g/mol. The average Bonchev–Trinajstić information content (AvgIpc) is 2.09. The smallest absolute Gasteiger partial charge is 0.188 e. The van der Waals surface area contributed by atoms with Crippen molar-refractivity contribution in [2.45, 2.75) is 18.6 Å². The van der Waals surface area contributed by atoms with E-state index in [2.05, 4.69) is 16.9 Å². The van der Waals surface area contributed by atoms with Crippen molar-refractivity contribution in [3.8, 4) is 0 Å². The van der Waals surface area contributed by atoms with E-state index in [-0.39, 0.29) is 36.5 Å². The van der Waals surface area contributed by atoms with Gasteiger partial charge >= 0.3 is 0 Å². The molecule has 0 atom stereocenters. The summed E-state index contributed by atoms with van der Waals surface area (Å²) >= 11 is 0. The van der Waals surface area contributed by atoms with E-state index < -0.39 is 14.6 Å². The Hall–Kier alpha value is -0.310. The number of halogens is 1. The number of sulfone groups is 1. The van der Waals surface area contributed by atoms with Gasteiger partial charge in [0.1, 0.15) is 0 Å². The van der Waals surface area contributed by atoms with Crippen LogP contribution >= 0.6 is 24.0 Å². The summed E-state index contributed by atoms with van der Waals surface area (Å²) in [4.78, 5) is 3.96. The molecule has 0 rings (SSSR count). The van der Waals surface area contributed by atoms with Crippen molar-refractivity contribution in [3.05, 3.63) is 12.7 Å². The molecule has 0 saturated carbocycles. The van der Waals surface area contributed by atoms with Gasteiger partial charge in [-0.15, -0.1) is 30.6 Å². The second-order valence-corrected chi connectivity index (χ2v) is 6.55. The minimum atomic E-state index is -3.13. The Morgan fingerprint density at radius 2 is 2.06 bits per heavy atom. The van der Waals surface area contributed by atoms with E-state index in [9.17, 15) is 8.42 Å². The Kier molecular flexibility index (Phi) is 8.02. The maximum atomic E-state index is 11.3. The van der Waals surface area contributed by atoms with Gasteiger partial charge in [0.15, 0.2) is 15.8 Å². The van der Waals surface area contributed by atoms with Crippen LogP contribution in [0.5, 0.6) is 0 Å². The molecule has 0 radical (unpaired) electrons. The molecule has 0 fully saturated rings. The number of nitrogens with one attached hydrogen (secondary N) is 1. The van der Waals surface area contributed by atoms with E-state index in [1.807, 2.05) is 0 Å². The van der Waals surface area contributed by atoms with Crippen LogP contribution in [0.25, 0.3) is 0 Å². The number of guanidine groups is 1. The highest BCUT2D eigenvalue weighted by Crippen LogP contribution is 2.14. The Labute approximate surface area is 115 Å². The van der Waals surface area contributed by atoms with Crippen LogP contribution in [0.15, 0.2) is 17.6 Å². The van der Waals surface area contributed by atoms with Gasteiger partial charge in [-0.05, 0) is 13.8 Å². The fourth-order valence-corrected chi connectivity index (χ4v) is 0.925. The average molecular weight is 361 g/mol. The van der Waals surface area contributed by atoms with Gasteiger partial charge in [0.05, 0.1) is 11.3 Å². The van der Waals surface area contributed by atoms with E-state index >= 15 is 0 Å². The first-order valence-corrected chi connectivity index (χ1v) is 6.44. The van der Waals surface area contributed by atoms with E-state index in [4.69, 9.17) is 5.73 Å². The molecule has 0 heterocycles. The lowest BCUT2D eigenvalue weighted by Crippen LogP contribution is -2.38. The first kappa shape index (κ1) is 18.1. The minimum absolute atomic E-state index is 0. The van der Waals surface area contributed by atoms with Crippen LogP contribution in [0.4, 0.5) is 0 Å². The SMILES string of the molecule is C=CCNC(N)=NCC(C)(C)S(C)(=O)=O.I. The number of hydrogen-bond donors (Lipinski definition) is 2. The first-order chi connectivity index (χ1) is 6.70. The Morgan fingerprint density at radius 1 is 1.56 bits per heavy atom. The van der Waals surface area contributed by atoms with Crippen LogP contribution in [0, 0.1) is 0 Å². The number of aliphatic imine (C=N–C) groups is 1. The van der Waals surface area contributed by atoms with Crippen molar-refractivity contribution in [3.63, 3.8) is 0 Å². The van der Waals surface area contributed by atoms with Crippen LogP contribution in [0.2, 0.25) is 0 Å². The van der Waals surface area contributed by atoms with Crippen LogP contribution in [-0.2, 0) is 9.84 Å². The van der Waals surface area contributed by atoms with E-state index in [0.717, 1.165) is 0 Å². The van der Waals surface area contributed by atoms with Crippen LogP contribution < -0.4 is 11.1 Å². The summed E-state index contributed by atoms with van der Waals surface area (Å²) in [6.07, 6.45) is 2.83. The molecule has 96 valence electrons. The molecule has 0 aromatic rings. The highest BCUT2D eigenvalue weighted by molar-refractivity contribution is 14.0. The third-order valence-electron chi connectivity index (χ3n) is 2.06. The van der Waals surface area contributed by atoms with Crippen molar-refractivity contribution in [1.82, 2.24) is 5.32 Å². The molecule has 0 aliphatic carbocycles. The van der Waals surface area contributed by atoms with Gasteiger partial charge in [-0.2, -0.15) is 0 Å². The third-order valence-corrected chi connectivity index (χ3v) is 4.20. The zero-order valence-corrected chi connectivity index (χ0v) is 13.0. The summed E-state index contributed by atoms with van der Waals surface area (Å²) in [6.45, 7) is 7.40. The predicted octanol–water partition coefficient (Wildman–Crippen LogP) is 0.518. The molecule has 0 saturated heterocycles. The summed E-state index contributed by atoms with van der Waals surface area (Å²) in [5.41, 5.74) is 5.51. The Balaban J connectivity index is 0. The van der Waals surface area contributed by atoms with Gasteiger partial charge in [0.25, 0.3) is 0 Å². The number of nitrogens with zero attached hydrogens (tertiary/aromatic N) is 1. The number of hydrogen-bond acceptors (Lipinski definition) is 3. The minimum Gasteiger partial charge on any atom is -0.370 e. The molecular formula is C9H20IN3O2S. The van der Waals surface area contributed by atoms with Gasteiger partial charge in [-0.25, -0.2) is 8.42 Å². The molecule has 0 aliphatic heterocycles. The lowest BCUT2D eigenvalue weighted by molar-refractivity contribution is 0.555. The van der Waals surface area contributed by atoms with E-state index in [1.54, 1.807) is 19.9 Å². The van der Waals surface area contributed by atoms with Crippen LogP contribution in [0.3, 0.4) is 0 Å². The first-order valence-electron chi connectivity index (χ1n) is 4.55. The van der Waals surface area contributed by atoms with Gasteiger partial charge in [0.2, 0.25) is 0 Å². The summed E-state index contributed by atoms with van der Waals surface area (Å²) in [7, 11) is -3.13. The second-order valence-electron chi connectivity index (χ2n) is 3.90. The molecule has 5 nitrogen and oxygen atoms in total. The van der Waals surface area contributed by atoms with Crippen molar-refractivity contribution in [2.24, 2.45) is 10.7 Å². The summed E-state index contributed by atoms with van der Waals surface area (Å²) in [5, 5.41) is 2.77.